The van der Waals surface area contributed by atoms with Crippen molar-refractivity contribution in [3.05, 3.63) is 81.0 Å². The van der Waals surface area contributed by atoms with E-state index in [1.165, 1.54) is 4.57 Å². The van der Waals surface area contributed by atoms with Crippen LogP contribution in [0.3, 0.4) is 0 Å². The number of nitrogens with zero attached hydrogens (tertiary/aromatic N) is 4. The van der Waals surface area contributed by atoms with E-state index in [1.807, 2.05) is 50.1 Å². The summed E-state index contributed by atoms with van der Waals surface area (Å²) in [6.07, 6.45) is 5.01. The Morgan fingerprint density at radius 1 is 1.17 bits per heavy atom. The zero-order valence-corrected chi connectivity index (χ0v) is 24.8. The van der Waals surface area contributed by atoms with Gasteiger partial charge in [0, 0.05) is 62.8 Å². The number of anilines is 2. The van der Waals surface area contributed by atoms with E-state index in [4.69, 9.17) is 9.15 Å². The molecule has 1 saturated heterocycles. The highest BCUT2D eigenvalue weighted by Gasteiger charge is 2.26. The Hall–Kier alpha value is -4.60. The fourth-order valence-corrected chi connectivity index (χ4v) is 5.87. The summed E-state index contributed by atoms with van der Waals surface area (Å²) in [5.74, 6) is 0.924. The number of carbonyl (C=O) groups excluding carboxylic acids is 2. The molecule has 1 aliphatic heterocycles. The van der Waals surface area contributed by atoms with E-state index in [0.29, 0.717) is 28.8 Å². The van der Waals surface area contributed by atoms with Gasteiger partial charge >= 0.3 is 5.76 Å². The van der Waals surface area contributed by atoms with E-state index in [1.54, 1.807) is 32.5 Å². The Kier molecular flexibility index (Phi) is 8.33. The molecular formula is C32H37N5O5. The number of ether oxygens (including phenoxy) is 1. The Balaban J connectivity index is 1.27. The number of aryl methyl sites for hydroxylation is 3. The van der Waals surface area contributed by atoms with Gasteiger partial charge in [-0.25, -0.2) is 9.78 Å². The molecule has 0 radical (unpaired) electrons. The van der Waals surface area contributed by atoms with Gasteiger partial charge in [-0.1, -0.05) is 0 Å². The number of hydrogen-bond donors (Lipinski definition) is 1. The van der Waals surface area contributed by atoms with Crippen LogP contribution in [0.15, 0.2) is 51.8 Å². The van der Waals surface area contributed by atoms with E-state index in [2.05, 4.69) is 15.2 Å². The van der Waals surface area contributed by atoms with Gasteiger partial charge in [0.15, 0.2) is 11.4 Å². The third-order valence-corrected chi connectivity index (χ3v) is 8.28. The van der Waals surface area contributed by atoms with Crippen molar-refractivity contribution in [3.63, 3.8) is 0 Å². The van der Waals surface area contributed by atoms with Gasteiger partial charge in [-0.05, 0) is 86.2 Å². The van der Waals surface area contributed by atoms with Crippen LogP contribution in [0.2, 0.25) is 0 Å². The zero-order valence-electron chi connectivity index (χ0n) is 24.8. The first-order valence-electron chi connectivity index (χ1n) is 14.2. The van der Waals surface area contributed by atoms with Gasteiger partial charge in [-0.2, -0.15) is 0 Å². The number of amides is 1. The molecule has 0 spiro atoms. The number of carbonyl (C=O) groups is 2. The molecule has 10 heteroatoms. The Labute approximate surface area is 244 Å². The average molecular weight is 572 g/mol. The van der Waals surface area contributed by atoms with Gasteiger partial charge < -0.3 is 24.3 Å². The molecule has 10 nitrogen and oxygen atoms in total. The number of benzene rings is 2. The van der Waals surface area contributed by atoms with Crippen molar-refractivity contribution < 1.29 is 18.7 Å². The fraction of sp³-hybridized carbons (Fsp3) is 0.375. The van der Waals surface area contributed by atoms with Crippen LogP contribution in [0.5, 0.6) is 5.75 Å². The third kappa shape index (κ3) is 5.61. The number of fused-ring (bicyclic) bond motifs is 1. The van der Waals surface area contributed by atoms with Crippen molar-refractivity contribution in [2.45, 2.75) is 39.2 Å². The van der Waals surface area contributed by atoms with Crippen LogP contribution in [0, 0.1) is 13.8 Å². The monoisotopic (exact) mass is 571 g/mol. The van der Waals surface area contributed by atoms with E-state index in [0.717, 1.165) is 72.7 Å². The van der Waals surface area contributed by atoms with E-state index in [9.17, 15) is 14.4 Å². The van der Waals surface area contributed by atoms with Crippen molar-refractivity contribution in [1.82, 2.24) is 14.5 Å². The highest BCUT2D eigenvalue weighted by molar-refractivity contribution is 6.11. The molecule has 4 aromatic rings. The molecule has 42 heavy (non-hydrogen) atoms. The second-order valence-corrected chi connectivity index (χ2v) is 10.8. The number of nitrogens with one attached hydrogen (secondary N) is 1. The maximum absolute atomic E-state index is 13.6. The minimum absolute atomic E-state index is 0.129. The Morgan fingerprint density at radius 3 is 2.62 bits per heavy atom. The molecule has 0 saturated carbocycles. The zero-order chi connectivity index (χ0) is 30.0. The normalized spacial score (nSPS) is 13.8. The van der Waals surface area contributed by atoms with Gasteiger partial charge in [-0.15, -0.1) is 0 Å². The van der Waals surface area contributed by atoms with Gasteiger partial charge in [0.2, 0.25) is 6.41 Å². The number of aromatic nitrogens is 2. The molecule has 1 aliphatic rings. The number of pyridine rings is 1. The molecule has 5 rings (SSSR count). The summed E-state index contributed by atoms with van der Waals surface area (Å²) in [5.41, 5.74) is 5.80. The lowest BCUT2D eigenvalue weighted by molar-refractivity contribution is -0.120. The highest BCUT2D eigenvalue weighted by atomic mass is 16.5. The number of piperidine rings is 1. The van der Waals surface area contributed by atoms with Crippen molar-refractivity contribution in [1.29, 1.82) is 0 Å². The van der Waals surface area contributed by atoms with Crippen LogP contribution in [0.25, 0.3) is 11.1 Å². The van der Waals surface area contributed by atoms with Gasteiger partial charge in [0.1, 0.15) is 11.6 Å². The van der Waals surface area contributed by atoms with Gasteiger partial charge in [-0.3, -0.25) is 14.2 Å². The van der Waals surface area contributed by atoms with Crippen molar-refractivity contribution in [2.24, 2.45) is 7.05 Å². The van der Waals surface area contributed by atoms with E-state index in [-0.39, 0.29) is 11.8 Å². The number of ketones is 1. The number of oxazole rings is 1. The van der Waals surface area contributed by atoms with Crippen LogP contribution >= 0.6 is 0 Å². The van der Waals surface area contributed by atoms with E-state index < -0.39 is 5.76 Å². The SMILES string of the molecule is CNc1ccc(OC)cc1CCN(C=O)C1CCN(c2cc(C(=O)c3cc(C)c4c(c3)oc(=O)n4C)c(C)cn2)CC1. The number of rotatable bonds is 10. The first-order valence-corrected chi connectivity index (χ1v) is 14.2. The second-order valence-electron chi connectivity index (χ2n) is 10.8. The minimum atomic E-state index is -0.459. The Bertz CT molecular complexity index is 1680. The molecule has 0 unspecified atom stereocenters. The number of hydrogen-bond acceptors (Lipinski definition) is 8. The van der Waals surface area contributed by atoms with Crippen LogP contribution in [-0.2, 0) is 18.3 Å². The molecule has 2 aromatic heterocycles. The topological polar surface area (TPSA) is 110 Å². The second kappa shape index (κ2) is 12.1. The first kappa shape index (κ1) is 28.9. The van der Waals surface area contributed by atoms with Crippen LogP contribution in [0.1, 0.15) is 45.5 Å². The third-order valence-electron chi connectivity index (χ3n) is 8.28. The molecule has 1 amide bonds. The minimum Gasteiger partial charge on any atom is -0.497 e. The van der Waals surface area contributed by atoms with Crippen LogP contribution < -0.4 is 20.7 Å². The molecule has 0 atom stereocenters. The number of methoxy groups -OCH3 is 1. The first-order chi connectivity index (χ1) is 20.2. The summed E-state index contributed by atoms with van der Waals surface area (Å²) in [5, 5.41) is 3.21. The summed E-state index contributed by atoms with van der Waals surface area (Å²) in [6.45, 7) is 5.79. The molecule has 1 fully saturated rings. The highest BCUT2D eigenvalue weighted by Crippen LogP contribution is 2.27. The average Bonchev–Trinajstić information content (AvgIpc) is 3.30. The predicted molar refractivity (Wildman–Crippen MR) is 163 cm³/mol. The van der Waals surface area contributed by atoms with Gasteiger partial charge in [0.25, 0.3) is 0 Å². The smallest absolute Gasteiger partial charge is 0.419 e. The predicted octanol–water partition coefficient (Wildman–Crippen LogP) is 4.09. The van der Waals surface area contributed by atoms with Crippen molar-refractivity contribution in [2.75, 3.05) is 44.0 Å². The quantitative estimate of drug-likeness (QED) is 0.224. The Morgan fingerprint density at radius 2 is 1.93 bits per heavy atom. The van der Waals surface area contributed by atoms with Crippen molar-refractivity contribution >= 4 is 34.8 Å². The lowest BCUT2D eigenvalue weighted by Crippen LogP contribution is -2.45. The molecule has 2 aromatic carbocycles. The standard InChI is InChI=1S/C32H37N5O5/c1-20-14-23(16-28-30(20)35(4)32(40)42-28)31(39)26-17-29(34-18-21(26)2)36-12-9-24(10-13-36)37(19-38)11-8-22-15-25(41-5)6-7-27(22)33-3/h6-7,14-19,24,33H,8-13H2,1-5H3. The summed E-state index contributed by atoms with van der Waals surface area (Å²) < 4.78 is 12.2. The van der Waals surface area contributed by atoms with Crippen LogP contribution in [0.4, 0.5) is 11.5 Å². The summed E-state index contributed by atoms with van der Waals surface area (Å²) in [6, 6.07) is 11.3. The van der Waals surface area contributed by atoms with Crippen molar-refractivity contribution in [3.8, 4) is 5.75 Å². The molecule has 220 valence electrons. The molecule has 0 aliphatic carbocycles. The lowest BCUT2D eigenvalue weighted by Gasteiger charge is -2.37. The van der Waals surface area contributed by atoms with Gasteiger partial charge in [0.05, 0.1) is 12.6 Å². The maximum Gasteiger partial charge on any atom is 0.419 e. The summed E-state index contributed by atoms with van der Waals surface area (Å²) in [7, 11) is 5.19. The molecule has 3 heterocycles. The molecule has 0 bridgehead atoms. The summed E-state index contributed by atoms with van der Waals surface area (Å²) >= 11 is 0. The van der Waals surface area contributed by atoms with E-state index >= 15 is 0 Å². The fourth-order valence-electron chi connectivity index (χ4n) is 5.87. The largest absolute Gasteiger partial charge is 0.497 e. The molecule has 1 N–H and O–H groups in total. The molecular weight excluding hydrogens is 534 g/mol. The maximum atomic E-state index is 13.6. The lowest BCUT2D eigenvalue weighted by atomic mass is 9.98. The van der Waals surface area contributed by atoms with Crippen LogP contribution in [-0.4, -0.2) is 66.5 Å². The summed E-state index contributed by atoms with van der Waals surface area (Å²) in [4.78, 5) is 46.4.